The summed E-state index contributed by atoms with van der Waals surface area (Å²) in [7, 11) is 0. The molecule has 2 aliphatic rings. The highest BCUT2D eigenvalue weighted by atomic mass is 19.1. The van der Waals surface area contributed by atoms with Crippen molar-refractivity contribution in [2.45, 2.75) is 32.2 Å². The zero-order chi connectivity index (χ0) is 14.8. The molecule has 1 atom stereocenters. The Morgan fingerprint density at radius 2 is 2.00 bits per heavy atom. The van der Waals surface area contributed by atoms with Crippen LogP contribution in [0.15, 0.2) is 24.3 Å². The second-order valence-corrected chi connectivity index (χ2v) is 6.35. The smallest absolute Gasteiger partial charge is 0.226 e. The second kappa shape index (κ2) is 6.14. The van der Waals surface area contributed by atoms with Crippen molar-refractivity contribution in [1.82, 2.24) is 10.2 Å². The normalized spacial score (nSPS) is 19.9. The van der Waals surface area contributed by atoms with Crippen LogP contribution in [0.4, 0.5) is 4.39 Å². The third kappa shape index (κ3) is 3.43. The fourth-order valence-electron chi connectivity index (χ4n) is 2.89. The molecule has 114 valence electrons. The maximum absolute atomic E-state index is 12.9. The molecule has 0 radical (unpaired) electrons. The molecule has 1 aromatic rings. The van der Waals surface area contributed by atoms with E-state index in [0.717, 1.165) is 44.5 Å². The minimum absolute atomic E-state index is 0.111. The molecular formula is C17H23FN2O. The van der Waals surface area contributed by atoms with Gasteiger partial charge in [0.15, 0.2) is 0 Å². The molecule has 0 aromatic heterocycles. The van der Waals surface area contributed by atoms with Crippen LogP contribution in [0.3, 0.4) is 0 Å². The predicted molar refractivity (Wildman–Crippen MR) is 80.4 cm³/mol. The van der Waals surface area contributed by atoms with Gasteiger partial charge in [0, 0.05) is 18.5 Å². The van der Waals surface area contributed by atoms with Gasteiger partial charge in [-0.15, -0.1) is 0 Å². The third-order valence-electron chi connectivity index (χ3n) is 4.74. The number of hydrogen-bond donors (Lipinski definition) is 1. The molecule has 1 saturated carbocycles. The van der Waals surface area contributed by atoms with Gasteiger partial charge in [-0.3, -0.25) is 4.79 Å². The molecule has 21 heavy (non-hydrogen) atoms. The number of hydrogen-bond acceptors (Lipinski definition) is 2. The first-order chi connectivity index (χ1) is 10.1. The molecule has 3 nitrogen and oxygen atoms in total. The molecule has 1 heterocycles. The van der Waals surface area contributed by atoms with Crippen LogP contribution in [-0.2, 0) is 11.2 Å². The summed E-state index contributed by atoms with van der Waals surface area (Å²) in [6, 6.07) is 7.03. The van der Waals surface area contributed by atoms with Crippen molar-refractivity contribution in [2.24, 2.45) is 11.8 Å². The molecule has 4 heteroatoms. The minimum Gasteiger partial charge on any atom is -0.339 e. The van der Waals surface area contributed by atoms with E-state index in [2.05, 4.69) is 17.1 Å². The number of halogens is 1. The fraction of sp³-hybridized carbons (Fsp3) is 0.588. The lowest BCUT2D eigenvalue weighted by Crippen LogP contribution is -2.51. The van der Waals surface area contributed by atoms with Crippen molar-refractivity contribution in [3.63, 3.8) is 0 Å². The van der Waals surface area contributed by atoms with Gasteiger partial charge in [-0.05, 0) is 56.0 Å². The minimum atomic E-state index is -0.208. The Morgan fingerprint density at radius 1 is 1.33 bits per heavy atom. The maximum Gasteiger partial charge on any atom is 0.226 e. The highest BCUT2D eigenvalue weighted by molar-refractivity contribution is 5.79. The number of amides is 1. The van der Waals surface area contributed by atoms with Crippen molar-refractivity contribution < 1.29 is 9.18 Å². The first-order valence-corrected chi connectivity index (χ1v) is 7.91. The molecule has 1 amide bonds. The SMILES string of the molecule is CC(C(=O)N(CCc1ccc(F)cc1)C1CC1)C1CNC1. The standard InChI is InChI=1S/C17H23FN2O/c1-12(14-10-19-11-14)17(21)20(16-6-7-16)9-8-13-2-4-15(18)5-3-13/h2-5,12,14,16,19H,6-11H2,1H3. The van der Waals surface area contributed by atoms with Crippen LogP contribution >= 0.6 is 0 Å². The van der Waals surface area contributed by atoms with Crippen LogP contribution in [0.5, 0.6) is 0 Å². The van der Waals surface area contributed by atoms with E-state index < -0.39 is 0 Å². The highest BCUT2D eigenvalue weighted by Crippen LogP contribution is 2.30. The Kier molecular flexibility index (Phi) is 4.24. The monoisotopic (exact) mass is 290 g/mol. The van der Waals surface area contributed by atoms with Crippen LogP contribution in [0, 0.1) is 17.7 Å². The van der Waals surface area contributed by atoms with E-state index in [4.69, 9.17) is 0 Å². The molecular weight excluding hydrogens is 267 g/mol. The summed E-state index contributed by atoms with van der Waals surface area (Å²) in [5, 5.41) is 3.24. The van der Waals surface area contributed by atoms with E-state index in [1.165, 1.54) is 12.1 Å². The summed E-state index contributed by atoms with van der Waals surface area (Å²) >= 11 is 0. The summed E-state index contributed by atoms with van der Waals surface area (Å²) in [6.07, 6.45) is 3.06. The molecule has 3 rings (SSSR count). The number of carbonyl (C=O) groups is 1. The molecule has 1 N–H and O–H groups in total. The zero-order valence-electron chi connectivity index (χ0n) is 12.5. The Balaban J connectivity index is 1.59. The zero-order valence-corrected chi connectivity index (χ0v) is 12.5. The lowest BCUT2D eigenvalue weighted by molar-refractivity contribution is -0.138. The summed E-state index contributed by atoms with van der Waals surface area (Å²) < 4.78 is 12.9. The van der Waals surface area contributed by atoms with Crippen LogP contribution in [-0.4, -0.2) is 36.5 Å². The van der Waals surface area contributed by atoms with E-state index in [-0.39, 0.29) is 11.7 Å². The third-order valence-corrected chi connectivity index (χ3v) is 4.74. The number of benzene rings is 1. The first kappa shape index (κ1) is 14.5. The maximum atomic E-state index is 12.9. The van der Waals surface area contributed by atoms with E-state index in [1.807, 2.05) is 12.1 Å². The average Bonchev–Trinajstić information content (AvgIpc) is 3.23. The van der Waals surface area contributed by atoms with Gasteiger partial charge in [0.1, 0.15) is 5.82 Å². The number of carbonyl (C=O) groups excluding carboxylic acids is 1. The molecule has 1 aliphatic heterocycles. The molecule has 2 fully saturated rings. The topological polar surface area (TPSA) is 32.3 Å². The second-order valence-electron chi connectivity index (χ2n) is 6.35. The van der Waals surface area contributed by atoms with E-state index >= 15 is 0 Å². The van der Waals surface area contributed by atoms with Crippen molar-refractivity contribution in [3.8, 4) is 0 Å². The number of rotatable bonds is 6. The quantitative estimate of drug-likeness (QED) is 0.871. The van der Waals surface area contributed by atoms with Crippen LogP contribution < -0.4 is 5.32 Å². The Hall–Kier alpha value is -1.42. The lowest BCUT2D eigenvalue weighted by Gasteiger charge is -2.35. The molecule has 1 unspecified atom stereocenters. The predicted octanol–water partition coefficient (Wildman–Crippen LogP) is 2.21. The Bertz CT molecular complexity index is 494. The van der Waals surface area contributed by atoms with Gasteiger partial charge >= 0.3 is 0 Å². The summed E-state index contributed by atoms with van der Waals surface area (Å²) in [6.45, 7) is 4.73. The highest BCUT2D eigenvalue weighted by Gasteiger charge is 2.37. The Labute approximate surface area is 125 Å². The largest absolute Gasteiger partial charge is 0.339 e. The van der Waals surface area contributed by atoms with Gasteiger partial charge in [-0.1, -0.05) is 19.1 Å². The Morgan fingerprint density at radius 3 is 2.52 bits per heavy atom. The van der Waals surface area contributed by atoms with Crippen molar-refractivity contribution in [3.05, 3.63) is 35.6 Å². The fourth-order valence-corrected chi connectivity index (χ4v) is 2.89. The molecule has 1 aliphatic carbocycles. The number of nitrogens with one attached hydrogen (secondary N) is 1. The van der Waals surface area contributed by atoms with Crippen molar-refractivity contribution in [2.75, 3.05) is 19.6 Å². The van der Waals surface area contributed by atoms with Gasteiger partial charge in [-0.25, -0.2) is 4.39 Å². The van der Waals surface area contributed by atoms with Gasteiger partial charge in [-0.2, -0.15) is 0 Å². The molecule has 1 aromatic carbocycles. The molecule has 0 spiro atoms. The van der Waals surface area contributed by atoms with Gasteiger partial charge in [0.2, 0.25) is 5.91 Å². The van der Waals surface area contributed by atoms with E-state index in [0.29, 0.717) is 17.9 Å². The number of nitrogens with zero attached hydrogens (tertiary/aromatic N) is 1. The van der Waals surface area contributed by atoms with Gasteiger partial charge in [0.05, 0.1) is 0 Å². The molecule has 1 saturated heterocycles. The average molecular weight is 290 g/mol. The van der Waals surface area contributed by atoms with Crippen LogP contribution in [0.25, 0.3) is 0 Å². The van der Waals surface area contributed by atoms with Gasteiger partial charge < -0.3 is 10.2 Å². The van der Waals surface area contributed by atoms with Gasteiger partial charge in [0.25, 0.3) is 0 Å². The van der Waals surface area contributed by atoms with E-state index in [9.17, 15) is 9.18 Å². The van der Waals surface area contributed by atoms with Crippen LogP contribution in [0.1, 0.15) is 25.3 Å². The summed E-state index contributed by atoms with van der Waals surface area (Å²) in [5.74, 6) is 0.690. The van der Waals surface area contributed by atoms with E-state index in [1.54, 1.807) is 0 Å². The van der Waals surface area contributed by atoms with Crippen molar-refractivity contribution >= 4 is 5.91 Å². The molecule has 0 bridgehead atoms. The van der Waals surface area contributed by atoms with Crippen molar-refractivity contribution in [1.29, 1.82) is 0 Å². The summed E-state index contributed by atoms with van der Waals surface area (Å²) in [5.41, 5.74) is 1.09. The van der Waals surface area contributed by atoms with Crippen LogP contribution in [0.2, 0.25) is 0 Å². The lowest BCUT2D eigenvalue weighted by atomic mass is 9.88. The summed E-state index contributed by atoms with van der Waals surface area (Å²) in [4.78, 5) is 14.7. The first-order valence-electron chi connectivity index (χ1n) is 7.91.